The number of hydrogen-bond acceptors (Lipinski definition) is 8. The lowest BCUT2D eigenvalue weighted by molar-refractivity contribution is 0.0485. The maximum absolute atomic E-state index is 13.5. The summed E-state index contributed by atoms with van der Waals surface area (Å²) < 4.78 is 11.2. The molecule has 0 aliphatic heterocycles. The van der Waals surface area contributed by atoms with Crippen LogP contribution in [-0.4, -0.2) is 62.9 Å². The number of esters is 2. The maximum Gasteiger partial charge on any atom is 0.338 e. The largest absolute Gasteiger partial charge is 0.462 e. The summed E-state index contributed by atoms with van der Waals surface area (Å²) in [4.78, 5) is 57.2. The normalized spacial score (nSPS) is 10.9. The van der Waals surface area contributed by atoms with Crippen molar-refractivity contribution in [1.29, 1.82) is 0 Å². The van der Waals surface area contributed by atoms with E-state index in [4.69, 9.17) is 9.47 Å². The average Bonchev–Trinajstić information content (AvgIpc) is 3.21. The predicted octanol–water partition coefficient (Wildman–Crippen LogP) is 10.3. The summed E-state index contributed by atoms with van der Waals surface area (Å²) in [5.74, 6) is -1.33. The molecule has 0 N–H and O–H groups in total. The van der Waals surface area contributed by atoms with E-state index in [1.54, 1.807) is 48.5 Å². The SMILES string of the molecule is CCN(CC)c1ccc(C(=O)c2ccccc2C(=O)OCCCCCCCCCCOC(=O)c2ccccc2C(=O)c2ccc(N(CC)CC)cc2C)cc1. The van der Waals surface area contributed by atoms with E-state index in [1.165, 1.54) is 0 Å². The second kappa shape index (κ2) is 22.2. The van der Waals surface area contributed by atoms with E-state index in [1.807, 2.05) is 49.4 Å². The summed E-state index contributed by atoms with van der Waals surface area (Å²) in [5, 5.41) is 0. The third kappa shape index (κ3) is 11.9. The number of aryl methyl sites for hydroxylation is 1. The van der Waals surface area contributed by atoms with E-state index >= 15 is 0 Å². The fraction of sp³-hybridized carbons (Fsp3) is 0.404. The molecule has 0 aliphatic carbocycles. The quantitative estimate of drug-likeness (QED) is 0.0421. The van der Waals surface area contributed by atoms with Gasteiger partial charge in [0.15, 0.2) is 11.6 Å². The molecule has 0 aliphatic rings. The van der Waals surface area contributed by atoms with Crippen LogP contribution in [0.2, 0.25) is 0 Å². The number of hydrogen-bond donors (Lipinski definition) is 0. The van der Waals surface area contributed by atoms with Crippen LogP contribution in [0.4, 0.5) is 11.4 Å². The molecule has 4 aromatic rings. The number of rotatable bonds is 23. The van der Waals surface area contributed by atoms with Crippen molar-refractivity contribution in [3.05, 3.63) is 130 Å². The minimum atomic E-state index is -0.477. The molecule has 55 heavy (non-hydrogen) atoms. The highest BCUT2D eigenvalue weighted by Gasteiger charge is 2.22. The molecular weight excluding hydrogens is 689 g/mol. The number of carbonyl (C=O) groups excluding carboxylic acids is 4. The average molecular weight is 747 g/mol. The van der Waals surface area contributed by atoms with Crippen LogP contribution in [0.25, 0.3) is 0 Å². The zero-order chi connectivity index (χ0) is 39.6. The maximum atomic E-state index is 13.5. The van der Waals surface area contributed by atoms with Gasteiger partial charge in [-0.25, -0.2) is 9.59 Å². The van der Waals surface area contributed by atoms with Crippen LogP contribution >= 0.6 is 0 Å². The van der Waals surface area contributed by atoms with Gasteiger partial charge in [0.25, 0.3) is 0 Å². The Hall–Kier alpha value is -5.24. The lowest BCUT2D eigenvalue weighted by Crippen LogP contribution is -2.22. The fourth-order valence-corrected chi connectivity index (χ4v) is 6.87. The molecule has 0 radical (unpaired) electrons. The Kier molecular flexibility index (Phi) is 17.2. The standard InChI is InChI=1S/C47H58N2O6/c1-6-48(7-2)37-28-26-36(27-29-37)44(50)40-22-16-18-24-42(40)46(52)54-32-20-14-12-10-11-13-15-21-33-55-47(53)43-25-19-17-23-41(43)45(51)39-31-30-38(34-35(39)5)49(8-3)9-4/h16-19,22-31,34H,6-15,20-21,32-33H2,1-5H3. The summed E-state index contributed by atoms with van der Waals surface area (Å²) >= 11 is 0. The number of carbonyl (C=O) groups is 4. The first-order valence-electron chi connectivity index (χ1n) is 20.1. The Morgan fingerprint density at radius 2 is 0.855 bits per heavy atom. The lowest BCUT2D eigenvalue weighted by Gasteiger charge is -2.22. The zero-order valence-corrected chi connectivity index (χ0v) is 33.4. The molecule has 0 saturated heterocycles. The van der Waals surface area contributed by atoms with Crippen molar-refractivity contribution in [1.82, 2.24) is 0 Å². The Morgan fingerprint density at radius 1 is 0.455 bits per heavy atom. The van der Waals surface area contributed by atoms with Crippen LogP contribution < -0.4 is 9.80 Å². The van der Waals surface area contributed by atoms with Gasteiger partial charge >= 0.3 is 11.9 Å². The van der Waals surface area contributed by atoms with Crippen molar-refractivity contribution in [2.45, 2.75) is 86.0 Å². The number of unbranched alkanes of at least 4 members (excludes halogenated alkanes) is 7. The molecule has 0 spiro atoms. The second-order valence-electron chi connectivity index (χ2n) is 13.7. The highest BCUT2D eigenvalue weighted by atomic mass is 16.5. The van der Waals surface area contributed by atoms with Crippen LogP contribution in [0, 0.1) is 6.92 Å². The predicted molar refractivity (Wildman–Crippen MR) is 222 cm³/mol. The molecule has 0 aromatic heterocycles. The number of benzene rings is 4. The lowest BCUT2D eigenvalue weighted by atomic mass is 9.95. The van der Waals surface area contributed by atoms with Gasteiger partial charge < -0.3 is 19.3 Å². The molecule has 0 heterocycles. The molecule has 0 amide bonds. The number of anilines is 2. The Bertz CT molecular complexity index is 1860. The van der Waals surface area contributed by atoms with Crippen LogP contribution in [0.5, 0.6) is 0 Å². The minimum absolute atomic E-state index is 0.181. The monoisotopic (exact) mass is 746 g/mol. The van der Waals surface area contributed by atoms with Gasteiger partial charge in [0.2, 0.25) is 0 Å². The summed E-state index contributed by atoms with van der Waals surface area (Å²) in [6.45, 7) is 14.5. The van der Waals surface area contributed by atoms with Gasteiger partial charge in [-0.3, -0.25) is 9.59 Å². The molecule has 4 rings (SSSR count). The van der Waals surface area contributed by atoms with Gasteiger partial charge in [-0.2, -0.15) is 0 Å². The van der Waals surface area contributed by atoms with Crippen molar-refractivity contribution >= 4 is 34.9 Å². The van der Waals surface area contributed by atoms with Crippen molar-refractivity contribution in [3.8, 4) is 0 Å². The first kappa shape index (κ1) is 42.5. The van der Waals surface area contributed by atoms with Crippen LogP contribution in [-0.2, 0) is 9.47 Å². The van der Waals surface area contributed by atoms with Crippen LogP contribution in [0.3, 0.4) is 0 Å². The van der Waals surface area contributed by atoms with Gasteiger partial charge in [0.05, 0.1) is 24.3 Å². The van der Waals surface area contributed by atoms with Crippen LogP contribution in [0.15, 0.2) is 91.0 Å². The van der Waals surface area contributed by atoms with E-state index < -0.39 is 11.9 Å². The van der Waals surface area contributed by atoms with Crippen molar-refractivity contribution in [2.24, 2.45) is 0 Å². The van der Waals surface area contributed by atoms with Gasteiger partial charge in [-0.05, 0) is 108 Å². The molecule has 292 valence electrons. The molecule has 0 bridgehead atoms. The summed E-state index contributed by atoms with van der Waals surface area (Å²) in [7, 11) is 0. The van der Waals surface area contributed by atoms with Gasteiger partial charge in [-0.1, -0.05) is 74.9 Å². The first-order chi connectivity index (χ1) is 26.7. The topological polar surface area (TPSA) is 93.2 Å². The molecule has 8 nitrogen and oxygen atoms in total. The Morgan fingerprint density at radius 3 is 1.31 bits per heavy atom. The Labute approximate surface area is 327 Å². The number of ketones is 2. The zero-order valence-electron chi connectivity index (χ0n) is 33.4. The van der Waals surface area contributed by atoms with E-state index in [0.29, 0.717) is 41.0 Å². The van der Waals surface area contributed by atoms with Crippen LogP contribution in [0.1, 0.15) is 137 Å². The van der Waals surface area contributed by atoms with Crippen molar-refractivity contribution < 1.29 is 28.7 Å². The molecule has 0 saturated carbocycles. The van der Waals surface area contributed by atoms with E-state index in [2.05, 4.69) is 37.5 Å². The Balaban J connectivity index is 1.11. The minimum Gasteiger partial charge on any atom is -0.462 e. The number of ether oxygens (including phenoxy) is 2. The summed E-state index contributed by atoms with van der Waals surface area (Å²) in [6.07, 6.45) is 7.63. The molecule has 4 aromatic carbocycles. The number of nitrogens with zero attached hydrogens (tertiary/aromatic N) is 2. The molecular formula is C47H58N2O6. The molecule has 8 heteroatoms. The smallest absolute Gasteiger partial charge is 0.338 e. The summed E-state index contributed by atoms with van der Waals surface area (Å²) in [5.41, 5.74) is 5.41. The van der Waals surface area contributed by atoms with E-state index in [-0.39, 0.29) is 17.1 Å². The highest BCUT2D eigenvalue weighted by molar-refractivity contribution is 6.15. The molecule has 0 atom stereocenters. The highest BCUT2D eigenvalue weighted by Crippen LogP contribution is 2.24. The van der Waals surface area contributed by atoms with Crippen molar-refractivity contribution in [2.75, 3.05) is 49.2 Å². The third-order valence-corrected chi connectivity index (χ3v) is 10.1. The van der Waals surface area contributed by atoms with E-state index in [9.17, 15) is 19.2 Å². The van der Waals surface area contributed by atoms with Gasteiger partial charge in [0.1, 0.15) is 0 Å². The fourth-order valence-electron chi connectivity index (χ4n) is 6.87. The molecule has 0 fully saturated rings. The second-order valence-corrected chi connectivity index (χ2v) is 13.7. The van der Waals surface area contributed by atoms with Gasteiger partial charge in [-0.15, -0.1) is 0 Å². The third-order valence-electron chi connectivity index (χ3n) is 10.1. The van der Waals surface area contributed by atoms with Gasteiger partial charge in [0, 0.05) is 59.8 Å². The van der Waals surface area contributed by atoms with Crippen molar-refractivity contribution in [3.63, 3.8) is 0 Å². The van der Waals surface area contributed by atoms with E-state index in [0.717, 1.165) is 94.5 Å². The summed E-state index contributed by atoms with van der Waals surface area (Å²) in [6, 6.07) is 27.1. The first-order valence-corrected chi connectivity index (χ1v) is 20.1. The molecule has 0 unspecified atom stereocenters.